The number of aliphatic carboxylic acids is 1. The normalized spacial score (nSPS) is 14.4. The van der Waals surface area contributed by atoms with Crippen LogP contribution in [0.1, 0.15) is 41.6 Å². The number of carbonyl (C=O) groups is 2. The number of nitrogens with zero attached hydrogens (tertiary/aromatic N) is 2. The van der Waals surface area contributed by atoms with E-state index in [0.717, 1.165) is 31.7 Å². The monoisotopic (exact) mass is 521 g/mol. The van der Waals surface area contributed by atoms with Gasteiger partial charge in [-0.05, 0) is 43.5 Å². The minimum Gasteiger partial charge on any atom is -0.478 e. The summed E-state index contributed by atoms with van der Waals surface area (Å²) < 4.78 is 72.8. The summed E-state index contributed by atoms with van der Waals surface area (Å²) in [6.07, 6.45) is 0.286. The number of pyridine rings is 1. The van der Waals surface area contributed by atoms with Gasteiger partial charge in [0.1, 0.15) is 17.2 Å². The number of sulfonamides is 1. The van der Waals surface area contributed by atoms with Gasteiger partial charge in [0.25, 0.3) is 10.0 Å². The molecular formula is C21H23F4N3O6S. The number of halogens is 4. The quantitative estimate of drug-likeness (QED) is 0.502. The van der Waals surface area contributed by atoms with Gasteiger partial charge in [-0.3, -0.25) is 4.72 Å². The van der Waals surface area contributed by atoms with Crippen molar-refractivity contribution in [3.8, 4) is 0 Å². The van der Waals surface area contributed by atoms with Crippen molar-refractivity contribution in [2.24, 2.45) is 0 Å². The Labute approximate surface area is 198 Å². The van der Waals surface area contributed by atoms with Crippen molar-refractivity contribution in [3.63, 3.8) is 0 Å². The zero-order valence-electron chi connectivity index (χ0n) is 18.5. The first-order valence-electron chi connectivity index (χ1n) is 10.3. The number of nitrogens with one attached hydrogen (secondary N) is 1. The number of aromatic carboxylic acids is 1. The van der Waals surface area contributed by atoms with Crippen LogP contribution in [0.4, 0.5) is 29.1 Å². The number of benzene rings is 1. The lowest BCUT2D eigenvalue weighted by Gasteiger charge is -2.23. The molecule has 3 N–H and O–H groups in total. The zero-order valence-corrected chi connectivity index (χ0v) is 19.3. The molecule has 1 fully saturated rings. The number of hydrogen-bond acceptors (Lipinski definition) is 6. The predicted octanol–water partition coefficient (Wildman–Crippen LogP) is 4.04. The highest BCUT2D eigenvalue weighted by Crippen LogP contribution is 2.26. The maximum atomic E-state index is 13.5. The third kappa shape index (κ3) is 7.80. The summed E-state index contributed by atoms with van der Waals surface area (Å²) >= 11 is 0. The van der Waals surface area contributed by atoms with Gasteiger partial charge in [-0.2, -0.15) is 13.2 Å². The van der Waals surface area contributed by atoms with E-state index in [-0.39, 0.29) is 16.1 Å². The Bertz CT molecular complexity index is 1180. The molecular weight excluding hydrogens is 498 g/mol. The summed E-state index contributed by atoms with van der Waals surface area (Å²) in [5, 5.41) is 16.7. The molecule has 0 unspecified atom stereocenters. The minimum atomic E-state index is -5.08. The molecule has 3 rings (SSSR count). The van der Waals surface area contributed by atoms with Crippen LogP contribution in [-0.4, -0.2) is 54.8 Å². The Morgan fingerprint density at radius 2 is 1.63 bits per heavy atom. The summed E-state index contributed by atoms with van der Waals surface area (Å²) in [5.41, 5.74) is 0.319. The van der Waals surface area contributed by atoms with Crippen LogP contribution in [0, 0.1) is 12.7 Å². The first-order chi connectivity index (χ1) is 16.2. The summed E-state index contributed by atoms with van der Waals surface area (Å²) in [5.74, 6) is -4.28. The topological polar surface area (TPSA) is 137 Å². The van der Waals surface area contributed by atoms with Gasteiger partial charge in [0.2, 0.25) is 0 Å². The van der Waals surface area contributed by atoms with Crippen LogP contribution in [0.25, 0.3) is 0 Å². The standard InChI is InChI=1S/C19H22FN3O4S.C2HF3O2/c1-13-6-7-14(20)10-17(13)28(26,27)22-15-11-16(19(24)25)18(21-12-15)23-8-4-2-3-5-9-23;3-2(4,5)1(6)7/h6-7,10-12,22H,2-5,8-9H2,1H3,(H,24,25);(H,6,7). The fourth-order valence-electron chi connectivity index (χ4n) is 3.28. The molecule has 1 aliphatic rings. The summed E-state index contributed by atoms with van der Waals surface area (Å²) in [6, 6.07) is 4.72. The van der Waals surface area contributed by atoms with Crippen molar-refractivity contribution in [1.82, 2.24) is 4.98 Å². The van der Waals surface area contributed by atoms with E-state index in [4.69, 9.17) is 9.90 Å². The van der Waals surface area contributed by atoms with Gasteiger partial charge in [0.05, 0.1) is 16.8 Å². The maximum Gasteiger partial charge on any atom is 0.490 e. The number of anilines is 2. The molecule has 2 heterocycles. The van der Waals surface area contributed by atoms with Gasteiger partial charge in [0.15, 0.2) is 0 Å². The number of aryl methyl sites for hydroxylation is 1. The Morgan fingerprint density at radius 3 is 2.14 bits per heavy atom. The third-order valence-electron chi connectivity index (χ3n) is 4.94. The second-order valence-corrected chi connectivity index (χ2v) is 9.27. The third-order valence-corrected chi connectivity index (χ3v) is 6.46. The smallest absolute Gasteiger partial charge is 0.478 e. The molecule has 14 heteroatoms. The molecule has 0 amide bonds. The van der Waals surface area contributed by atoms with Crippen molar-refractivity contribution < 1.29 is 45.8 Å². The molecule has 1 aromatic heterocycles. The largest absolute Gasteiger partial charge is 0.490 e. The molecule has 0 spiro atoms. The van der Waals surface area contributed by atoms with Crippen molar-refractivity contribution in [1.29, 1.82) is 0 Å². The van der Waals surface area contributed by atoms with E-state index in [0.29, 0.717) is 24.5 Å². The molecule has 0 atom stereocenters. The molecule has 35 heavy (non-hydrogen) atoms. The molecule has 192 valence electrons. The van der Waals surface area contributed by atoms with E-state index in [1.54, 1.807) is 6.92 Å². The second-order valence-electron chi connectivity index (χ2n) is 7.62. The summed E-state index contributed by atoms with van der Waals surface area (Å²) in [7, 11) is -4.09. The van der Waals surface area contributed by atoms with Gasteiger partial charge in [0, 0.05) is 13.1 Å². The van der Waals surface area contributed by atoms with Crippen molar-refractivity contribution >= 4 is 33.5 Å². The first kappa shape index (κ1) is 27.8. The highest BCUT2D eigenvalue weighted by Gasteiger charge is 2.38. The number of carboxylic acid groups (broad SMARTS) is 2. The van der Waals surface area contributed by atoms with E-state index < -0.39 is 34.0 Å². The predicted molar refractivity (Wildman–Crippen MR) is 118 cm³/mol. The number of alkyl halides is 3. The van der Waals surface area contributed by atoms with Gasteiger partial charge in [-0.25, -0.2) is 27.4 Å². The van der Waals surface area contributed by atoms with Crippen LogP contribution in [0.2, 0.25) is 0 Å². The number of aromatic nitrogens is 1. The van der Waals surface area contributed by atoms with E-state index >= 15 is 0 Å². The van der Waals surface area contributed by atoms with Gasteiger partial charge in [-0.1, -0.05) is 18.9 Å². The molecule has 0 radical (unpaired) electrons. The molecule has 9 nitrogen and oxygen atoms in total. The maximum absolute atomic E-state index is 13.5. The van der Waals surface area contributed by atoms with Crippen LogP contribution in [0.15, 0.2) is 35.4 Å². The molecule has 1 aliphatic heterocycles. The number of rotatable bonds is 5. The SMILES string of the molecule is Cc1ccc(F)cc1S(=O)(=O)Nc1cnc(N2CCCCCC2)c(C(=O)O)c1.O=C(O)C(F)(F)F. The van der Waals surface area contributed by atoms with Crippen molar-refractivity contribution in [2.75, 3.05) is 22.7 Å². The van der Waals surface area contributed by atoms with Gasteiger partial charge in [-0.15, -0.1) is 0 Å². The highest BCUT2D eigenvalue weighted by atomic mass is 32.2. The lowest BCUT2D eigenvalue weighted by Crippen LogP contribution is -2.27. The molecule has 0 saturated carbocycles. The highest BCUT2D eigenvalue weighted by molar-refractivity contribution is 7.92. The average Bonchev–Trinajstić information content (AvgIpc) is 3.04. The minimum absolute atomic E-state index is 0.0135. The zero-order chi connectivity index (χ0) is 26.4. The second kappa shape index (κ2) is 11.3. The summed E-state index contributed by atoms with van der Waals surface area (Å²) in [4.78, 5) is 26.6. The van der Waals surface area contributed by atoms with Crippen molar-refractivity contribution in [3.05, 3.63) is 47.4 Å². The lowest BCUT2D eigenvalue weighted by molar-refractivity contribution is -0.192. The Kier molecular flexibility index (Phi) is 9.01. The van der Waals surface area contributed by atoms with Crippen LogP contribution in [0.5, 0.6) is 0 Å². The van der Waals surface area contributed by atoms with Crippen LogP contribution in [-0.2, 0) is 14.8 Å². The fourth-order valence-corrected chi connectivity index (χ4v) is 4.57. The molecule has 0 bridgehead atoms. The first-order valence-corrected chi connectivity index (χ1v) is 11.8. The van der Waals surface area contributed by atoms with E-state index in [9.17, 15) is 35.9 Å². The van der Waals surface area contributed by atoms with E-state index in [1.165, 1.54) is 24.4 Å². The Balaban J connectivity index is 0.000000540. The number of carboxylic acids is 2. The van der Waals surface area contributed by atoms with Gasteiger partial charge < -0.3 is 15.1 Å². The summed E-state index contributed by atoms with van der Waals surface area (Å²) in [6.45, 7) is 2.97. The van der Waals surface area contributed by atoms with Gasteiger partial charge >= 0.3 is 18.1 Å². The Morgan fingerprint density at radius 1 is 1.06 bits per heavy atom. The molecule has 2 aromatic rings. The van der Waals surface area contributed by atoms with Crippen molar-refractivity contribution in [2.45, 2.75) is 43.7 Å². The van der Waals surface area contributed by atoms with Crippen LogP contribution >= 0.6 is 0 Å². The lowest BCUT2D eigenvalue weighted by atomic mass is 10.2. The van der Waals surface area contributed by atoms with E-state index in [1.807, 2.05) is 4.90 Å². The van der Waals surface area contributed by atoms with E-state index in [2.05, 4.69) is 9.71 Å². The van der Waals surface area contributed by atoms with Crippen LogP contribution in [0.3, 0.4) is 0 Å². The fraction of sp³-hybridized carbons (Fsp3) is 0.381. The molecule has 1 saturated heterocycles. The van der Waals surface area contributed by atoms with Crippen LogP contribution < -0.4 is 9.62 Å². The molecule has 0 aliphatic carbocycles. The number of hydrogen-bond donors (Lipinski definition) is 3. The molecule has 1 aromatic carbocycles. The average molecular weight is 521 g/mol. The Hall–Kier alpha value is -3.42.